The van der Waals surface area contributed by atoms with Crippen LogP contribution in [0.3, 0.4) is 0 Å². The summed E-state index contributed by atoms with van der Waals surface area (Å²) in [6, 6.07) is 17.8. The quantitative estimate of drug-likeness (QED) is 0.200. The minimum atomic E-state index is -1.12. The Morgan fingerprint density at radius 1 is 1.00 bits per heavy atom. The average molecular weight is 525 g/mol. The van der Waals surface area contributed by atoms with Crippen molar-refractivity contribution in [2.45, 2.75) is 45.6 Å². The minimum absolute atomic E-state index is 0.187. The van der Waals surface area contributed by atoms with Gasteiger partial charge in [0.25, 0.3) is 5.91 Å². The maximum absolute atomic E-state index is 12.6. The number of rotatable bonds is 15. The fraction of sp³-hybridized carbons (Fsp3) is 0.393. The standard InChI is InChI=1S/C28H36N4O6/c1-4-36-25(37-5-2)15-10-16-29-27(33)24-18-22(32(3)31-24)19-38-23-14-9-13-21(17-23)26(30-28(34)35)20-11-7-6-8-12-20/h6-9,11-14,17-18,25-26,30H,4-5,10,15-16,19H2,1-3H3,(H,29,33)(H,34,35)/t26-/m0/s1. The molecule has 0 unspecified atom stereocenters. The molecule has 3 aromatic rings. The Hall–Kier alpha value is -3.89. The van der Waals surface area contributed by atoms with Gasteiger partial charge in [0.1, 0.15) is 12.4 Å². The number of nitrogens with one attached hydrogen (secondary N) is 2. The molecule has 204 valence electrons. The lowest BCUT2D eigenvalue weighted by Gasteiger charge is -2.19. The number of amides is 2. The minimum Gasteiger partial charge on any atom is -0.487 e. The Morgan fingerprint density at radius 3 is 2.39 bits per heavy atom. The first-order chi connectivity index (χ1) is 18.4. The third kappa shape index (κ3) is 8.60. The summed E-state index contributed by atoms with van der Waals surface area (Å²) >= 11 is 0. The van der Waals surface area contributed by atoms with Crippen LogP contribution in [0.5, 0.6) is 5.75 Å². The van der Waals surface area contributed by atoms with E-state index in [1.165, 1.54) is 0 Å². The van der Waals surface area contributed by atoms with Gasteiger partial charge in [-0.05, 0) is 49.6 Å². The van der Waals surface area contributed by atoms with Crippen molar-refractivity contribution in [1.82, 2.24) is 20.4 Å². The van der Waals surface area contributed by atoms with E-state index < -0.39 is 12.1 Å². The van der Waals surface area contributed by atoms with Crippen molar-refractivity contribution in [2.24, 2.45) is 7.05 Å². The summed E-state index contributed by atoms with van der Waals surface area (Å²) in [5, 5.41) is 19.1. The lowest BCUT2D eigenvalue weighted by atomic mass is 9.99. The Kier molecular flexibility index (Phi) is 11.1. The van der Waals surface area contributed by atoms with E-state index in [0.29, 0.717) is 37.6 Å². The average Bonchev–Trinajstić information content (AvgIpc) is 3.29. The Balaban J connectivity index is 1.58. The first-order valence-electron chi connectivity index (χ1n) is 12.7. The summed E-state index contributed by atoms with van der Waals surface area (Å²) in [7, 11) is 1.75. The first-order valence-corrected chi connectivity index (χ1v) is 12.7. The second-order valence-electron chi connectivity index (χ2n) is 8.54. The lowest BCUT2D eigenvalue weighted by Crippen LogP contribution is -2.27. The summed E-state index contributed by atoms with van der Waals surface area (Å²) < 4.78 is 18.6. The van der Waals surface area contributed by atoms with Crippen molar-refractivity contribution in [3.05, 3.63) is 83.2 Å². The number of carbonyl (C=O) groups is 2. The summed E-state index contributed by atoms with van der Waals surface area (Å²) in [4.78, 5) is 24.0. The molecule has 1 atom stereocenters. The van der Waals surface area contributed by atoms with Crippen LogP contribution in [0.15, 0.2) is 60.7 Å². The lowest BCUT2D eigenvalue weighted by molar-refractivity contribution is -0.139. The van der Waals surface area contributed by atoms with E-state index in [1.54, 1.807) is 29.9 Å². The van der Waals surface area contributed by atoms with Crippen molar-refractivity contribution >= 4 is 12.0 Å². The molecular weight excluding hydrogens is 488 g/mol. The van der Waals surface area contributed by atoms with Gasteiger partial charge in [0, 0.05) is 33.2 Å². The van der Waals surface area contributed by atoms with Crippen molar-refractivity contribution in [3.8, 4) is 5.75 Å². The van der Waals surface area contributed by atoms with Gasteiger partial charge in [-0.25, -0.2) is 4.79 Å². The summed E-state index contributed by atoms with van der Waals surface area (Å²) in [5.41, 5.74) is 2.59. The van der Waals surface area contributed by atoms with E-state index in [-0.39, 0.29) is 18.8 Å². The highest BCUT2D eigenvalue weighted by atomic mass is 16.7. The van der Waals surface area contributed by atoms with Crippen LogP contribution in [0.2, 0.25) is 0 Å². The Morgan fingerprint density at radius 2 is 1.71 bits per heavy atom. The van der Waals surface area contributed by atoms with Gasteiger partial charge in [-0.1, -0.05) is 42.5 Å². The molecule has 3 N–H and O–H groups in total. The van der Waals surface area contributed by atoms with Gasteiger partial charge in [-0.2, -0.15) is 5.10 Å². The number of nitrogens with zero attached hydrogens (tertiary/aromatic N) is 2. The normalized spacial score (nSPS) is 11.8. The van der Waals surface area contributed by atoms with Crippen molar-refractivity contribution in [2.75, 3.05) is 19.8 Å². The molecule has 1 heterocycles. The van der Waals surface area contributed by atoms with E-state index in [2.05, 4.69) is 15.7 Å². The monoisotopic (exact) mass is 524 g/mol. The molecule has 0 aliphatic heterocycles. The molecule has 0 bridgehead atoms. The second-order valence-corrected chi connectivity index (χ2v) is 8.54. The predicted octanol–water partition coefficient (Wildman–Crippen LogP) is 4.27. The van der Waals surface area contributed by atoms with E-state index >= 15 is 0 Å². The molecule has 1 aromatic heterocycles. The van der Waals surface area contributed by atoms with Gasteiger partial charge in [0.2, 0.25) is 0 Å². The van der Waals surface area contributed by atoms with Crippen molar-refractivity contribution in [3.63, 3.8) is 0 Å². The molecule has 10 heteroatoms. The maximum Gasteiger partial charge on any atom is 0.405 e. The Labute approximate surface area is 222 Å². The first kappa shape index (κ1) is 28.7. The zero-order chi connectivity index (χ0) is 27.3. The van der Waals surface area contributed by atoms with Crippen LogP contribution in [-0.4, -0.2) is 52.9 Å². The molecule has 0 saturated heterocycles. The van der Waals surface area contributed by atoms with E-state index in [9.17, 15) is 14.7 Å². The van der Waals surface area contributed by atoms with Crippen LogP contribution in [0.1, 0.15) is 60.0 Å². The van der Waals surface area contributed by atoms with Crippen LogP contribution in [0.25, 0.3) is 0 Å². The highest BCUT2D eigenvalue weighted by molar-refractivity contribution is 5.92. The largest absolute Gasteiger partial charge is 0.487 e. The van der Waals surface area contributed by atoms with Crippen LogP contribution in [-0.2, 0) is 23.1 Å². The van der Waals surface area contributed by atoms with Crippen LogP contribution in [0, 0.1) is 0 Å². The zero-order valence-corrected chi connectivity index (χ0v) is 22.1. The molecule has 3 rings (SSSR count). The molecule has 0 radical (unpaired) electrons. The molecule has 0 fully saturated rings. The highest BCUT2D eigenvalue weighted by Gasteiger charge is 2.18. The molecule has 0 spiro atoms. The van der Waals surface area contributed by atoms with E-state index in [0.717, 1.165) is 23.2 Å². The molecule has 0 saturated carbocycles. The van der Waals surface area contributed by atoms with Gasteiger partial charge in [0.05, 0.1) is 11.7 Å². The Bertz CT molecular complexity index is 1160. The SMILES string of the molecule is CCOC(CCCNC(=O)c1cc(COc2cccc([C@@H](NC(=O)O)c3ccccc3)c2)n(C)n1)OCC. The zero-order valence-electron chi connectivity index (χ0n) is 22.1. The van der Waals surface area contributed by atoms with Crippen LogP contribution >= 0.6 is 0 Å². The molecular formula is C28H36N4O6. The van der Waals surface area contributed by atoms with Gasteiger partial charge < -0.3 is 30.0 Å². The van der Waals surface area contributed by atoms with Gasteiger partial charge >= 0.3 is 6.09 Å². The topological polar surface area (TPSA) is 124 Å². The fourth-order valence-corrected chi connectivity index (χ4v) is 3.97. The molecule has 10 nitrogen and oxygen atoms in total. The number of ether oxygens (including phenoxy) is 3. The third-order valence-electron chi connectivity index (χ3n) is 5.80. The van der Waals surface area contributed by atoms with Crippen molar-refractivity contribution < 1.29 is 28.9 Å². The second kappa shape index (κ2) is 14.7. The number of carboxylic acid groups (broad SMARTS) is 1. The summed E-state index contributed by atoms with van der Waals surface area (Å²) in [6.45, 7) is 5.67. The van der Waals surface area contributed by atoms with Gasteiger partial charge in [0.15, 0.2) is 12.0 Å². The maximum atomic E-state index is 12.6. The van der Waals surface area contributed by atoms with Crippen LogP contribution < -0.4 is 15.4 Å². The molecule has 0 aliphatic rings. The van der Waals surface area contributed by atoms with Gasteiger partial charge in [-0.15, -0.1) is 0 Å². The van der Waals surface area contributed by atoms with Crippen molar-refractivity contribution in [1.29, 1.82) is 0 Å². The summed E-state index contributed by atoms with van der Waals surface area (Å²) in [5.74, 6) is 0.310. The molecule has 38 heavy (non-hydrogen) atoms. The van der Waals surface area contributed by atoms with Gasteiger partial charge in [-0.3, -0.25) is 9.48 Å². The van der Waals surface area contributed by atoms with E-state index in [1.807, 2.05) is 56.3 Å². The highest BCUT2D eigenvalue weighted by Crippen LogP contribution is 2.26. The number of aromatic nitrogens is 2. The fourth-order valence-electron chi connectivity index (χ4n) is 3.97. The number of carbonyl (C=O) groups excluding carboxylic acids is 1. The number of benzene rings is 2. The van der Waals surface area contributed by atoms with E-state index in [4.69, 9.17) is 14.2 Å². The molecule has 2 amide bonds. The number of hydrogen-bond acceptors (Lipinski definition) is 6. The molecule has 2 aromatic carbocycles. The molecule has 0 aliphatic carbocycles. The number of aryl methyl sites for hydroxylation is 1. The smallest absolute Gasteiger partial charge is 0.405 e. The summed E-state index contributed by atoms with van der Waals surface area (Å²) in [6.07, 6.45) is 0.0299. The van der Waals surface area contributed by atoms with Crippen LogP contribution in [0.4, 0.5) is 4.79 Å². The number of hydrogen-bond donors (Lipinski definition) is 3. The third-order valence-corrected chi connectivity index (χ3v) is 5.80. The predicted molar refractivity (Wildman–Crippen MR) is 142 cm³/mol.